The maximum absolute atomic E-state index is 12.1. The first-order valence-corrected chi connectivity index (χ1v) is 6.25. The molecule has 2 atom stereocenters. The maximum atomic E-state index is 12.1. The molecule has 0 N–H and O–H groups in total. The third-order valence-corrected chi connectivity index (χ3v) is 3.06. The van der Waals surface area contributed by atoms with Gasteiger partial charge in [0.2, 0.25) is 0 Å². The summed E-state index contributed by atoms with van der Waals surface area (Å²) in [4.78, 5) is 14.0. The van der Waals surface area contributed by atoms with Crippen LogP contribution in [0.4, 0.5) is 0 Å². The molecule has 4 heteroatoms. The van der Waals surface area contributed by atoms with E-state index in [1.54, 1.807) is 0 Å². The maximum Gasteiger partial charge on any atom is 0.261 e. The minimum atomic E-state index is 0.0159. The van der Waals surface area contributed by atoms with E-state index in [9.17, 15) is 4.79 Å². The number of amides is 1. The van der Waals surface area contributed by atoms with Crippen LogP contribution in [0.3, 0.4) is 0 Å². The van der Waals surface area contributed by atoms with Crippen molar-refractivity contribution in [1.82, 2.24) is 4.90 Å². The smallest absolute Gasteiger partial charge is 0.261 e. The Morgan fingerprint density at radius 3 is 2.50 bits per heavy atom. The van der Waals surface area contributed by atoms with Crippen molar-refractivity contribution in [3.8, 4) is 5.75 Å². The molecule has 0 radical (unpaired) electrons. The molecule has 1 saturated heterocycles. The van der Waals surface area contributed by atoms with Crippen LogP contribution in [0.2, 0.25) is 0 Å². The van der Waals surface area contributed by atoms with Crippen molar-refractivity contribution in [2.45, 2.75) is 25.9 Å². The van der Waals surface area contributed by atoms with Crippen molar-refractivity contribution in [3.05, 3.63) is 30.3 Å². The lowest BCUT2D eigenvalue weighted by atomic mass is 10.2. The van der Waals surface area contributed by atoms with E-state index >= 15 is 0 Å². The largest absolute Gasteiger partial charge is 0.484 e. The number of rotatable bonds is 3. The van der Waals surface area contributed by atoms with Crippen molar-refractivity contribution >= 4 is 5.91 Å². The highest BCUT2D eigenvalue weighted by molar-refractivity contribution is 5.78. The third kappa shape index (κ3) is 3.01. The molecule has 98 valence electrons. The predicted octanol–water partition coefficient (Wildman–Crippen LogP) is 1.70. The zero-order valence-corrected chi connectivity index (χ0v) is 10.8. The highest BCUT2D eigenvalue weighted by Crippen LogP contribution is 2.14. The number of hydrogen-bond acceptors (Lipinski definition) is 3. The van der Waals surface area contributed by atoms with Gasteiger partial charge in [-0.15, -0.1) is 0 Å². The van der Waals surface area contributed by atoms with Gasteiger partial charge in [0.25, 0.3) is 5.91 Å². The Balaban J connectivity index is 1.91. The van der Waals surface area contributed by atoms with E-state index in [1.165, 1.54) is 0 Å². The number of hydrogen-bond donors (Lipinski definition) is 0. The lowest BCUT2D eigenvalue weighted by molar-refractivity contribution is -0.146. The molecule has 1 fully saturated rings. The summed E-state index contributed by atoms with van der Waals surface area (Å²) in [5.74, 6) is 0.738. The van der Waals surface area contributed by atoms with Crippen molar-refractivity contribution in [3.63, 3.8) is 0 Å². The highest BCUT2D eigenvalue weighted by atomic mass is 16.5. The lowest BCUT2D eigenvalue weighted by Crippen LogP contribution is -2.53. The van der Waals surface area contributed by atoms with E-state index in [4.69, 9.17) is 9.47 Å². The van der Waals surface area contributed by atoms with E-state index in [1.807, 2.05) is 49.1 Å². The zero-order chi connectivity index (χ0) is 13.0. The van der Waals surface area contributed by atoms with E-state index in [2.05, 4.69) is 0 Å². The summed E-state index contributed by atoms with van der Waals surface area (Å²) in [6.07, 6.45) is 0. The minimum absolute atomic E-state index is 0.0159. The van der Waals surface area contributed by atoms with Crippen LogP contribution in [0.25, 0.3) is 0 Å². The Kier molecular flexibility index (Phi) is 4.20. The van der Waals surface area contributed by atoms with Crippen molar-refractivity contribution in [2.24, 2.45) is 0 Å². The molecule has 2 rings (SSSR count). The average Bonchev–Trinajstić information content (AvgIpc) is 2.37. The van der Waals surface area contributed by atoms with Gasteiger partial charge in [-0.25, -0.2) is 0 Å². The summed E-state index contributed by atoms with van der Waals surface area (Å²) < 4.78 is 10.9. The summed E-state index contributed by atoms with van der Waals surface area (Å²) in [7, 11) is 0. The van der Waals surface area contributed by atoms with Crippen LogP contribution in [0.5, 0.6) is 5.75 Å². The molecular weight excluding hydrogens is 230 g/mol. The standard InChI is InChI=1S/C14H19NO3/c1-11-8-17-9-12(2)15(11)14(16)10-18-13-6-4-3-5-7-13/h3-7,11-12H,8-10H2,1-2H3. The second-order valence-electron chi connectivity index (χ2n) is 4.64. The Morgan fingerprint density at radius 1 is 1.28 bits per heavy atom. The quantitative estimate of drug-likeness (QED) is 0.818. The van der Waals surface area contributed by atoms with Gasteiger partial charge < -0.3 is 14.4 Å². The summed E-state index contributed by atoms with van der Waals surface area (Å²) in [5.41, 5.74) is 0. The first-order chi connectivity index (χ1) is 8.68. The zero-order valence-electron chi connectivity index (χ0n) is 10.8. The summed E-state index contributed by atoms with van der Waals surface area (Å²) in [6, 6.07) is 9.61. The van der Waals surface area contributed by atoms with Gasteiger partial charge in [-0.3, -0.25) is 4.79 Å². The molecule has 1 aliphatic heterocycles. The Labute approximate surface area is 107 Å². The van der Waals surface area contributed by atoms with Crippen LogP contribution >= 0.6 is 0 Å². The SMILES string of the molecule is CC1COCC(C)N1C(=O)COc1ccccc1. The van der Waals surface area contributed by atoms with Gasteiger partial charge in [0.1, 0.15) is 5.75 Å². The molecule has 1 aliphatic rings. The molecule has 1 aromatic carbocycles. The van der Waals surface area contributed by atoms with E-state index < -0.39 is 0 Å². The van der Waals surface area contributed by atoms with Crippen LogP contribution in [0.15, 0.2) is 30.3 Å². The molecule has 4 nitrogen and oxygen atoms in total. The van der Waals surface area contributed by atoms with Crippen LogP contribution in [0.1, 0.15) is 13.8 Å². The van der Waals surface area contributed by atoms with E-state index in [-0.39, 0.29) is 24.6 Å². The normalized spacial score (nSPS) is 23.8. The van der Waals surface area contributed by atoms with E-state index in [0.29, 0.717) is 13.2 Å². The number of ether oxygens (including phenoxy) is 2. The van der Waals surface area contributed by atoms with Gasteiger partial charge in [-0.2, -0.15) is 0 Å². The summed E-state index contributed by atoms with van der Waals surface area (Å²) >= 11 is 0. The Morgan fingerprint density at radius 2 is 1.89 bits per heavy atom. The molecule has 0 aromatic heterocycles. The number of carbonyl (C=O) groups is 1. The number of benzene rings is 1. The number of para-hydroxylation sites is 1. The first-order valence-electron chi connectivity index (χ1n) is 6.25. The average molecular weight is 249 g/mol. The van der Waals surface area contributed by atoms with Crippen molar-refractivity contribution < 1.29 is 14.3 Å². The Bertz CT molecular complexity index is 383. The predicted molar refractivity (Wildman–Crippen MR) is 68.5 cm³/mol. The third-order valence-electron chi connectivity index (χ3n) is 3.06. The molecule has 1 heterocycles. The molecule has 0 spiro atoms. The molecule has 0 saturated carbocycles. The van der Waals surface area contributed by atoms with Crippen LogP contribution in [0, 0.1) is 0 Å². The second kappa shape index (κ2) is 5.87. The van der Waals surface area contributed by atoms with Gasteiger partial charge in [0.05, 0.1) is 25.3 Å². The van der Waals surface area contributed by atoms with Crippen LogP contribution in [-0.4, -0.2) is 42.7 Å². The van der Waals surface area contributed by atoms with Crippen LogP contribution < -0.4 is 4.74 Å². The number of nitrogens with zero attached hydrogens (tertiary/aromatic N) is 1. The molecule has 1 aromatic rings. The fraction of sp³-hybridized carbons (Fsp3) is 0.500. The summed E-state index contributed by atoms with van der Waals surface area (Å²) in [6.45, 7) is 5.27. The van der Waals surface area contributed by atoms with Gasteiger partial charge in [0, 0.05) is 0 Å². The van der Waals surface area contributed by atoms with Gasteiger partial charge >= 0.3 is 0 Å². The fourth-order valence-corrected chi connectivity index (χ4v) is 2.23. The number of carbonyl (C=O) groups excluding carboxylic acids is 1. The topological polar surface area (TPSA) is 38.8 Å². The van der Waals surface area contributed by atoms with E-state index in [0.717, 1.165) is 5.75 Å². The van der Waals surface area contributed by atoms with Crippen molar-refractivity contribution in [2.75, 3.05) is 19.8 Å². The second-order valence-corrected chi connectivity index (χ2v) is 4.64. The van der Waals surface area contributed by atoms with Crippen molar-refractivity contribution in [1.29, 1.82) is 0 Å². The fourth-order valence-electron chi connectivity index (χ4n) is 2.23. The molecule has 0 aliphatic carbocycles. The summed E-state index contributed by atoms with van der Waals surface area (Å²) in [5, 5.41) is 0. The monoisotopic (exact) mass is 249 g/mol. The van der Waals surface area contributed by atoms with Gasteiger partial charge in [-0.05, 0) is 26.0 Å². The van der Waals surface area contributed by atoms with Gasteiger partial charge in [-0.1, -0.05) is 18.2 Å². The highest BCUT2D eigenvalue weighted by Gasteiger charge is 2.29. The van der Waals surface area contributed by atoms with Crippen LogP contribution in [-0.2, 0) is 9.53 Å². The molecule has 0 bridgehead atoms. The molecule has 1 amide bonds. The van der Waals surface area contributed by atoms with Gasteiger partial charge in [0.15, 0.2) is 6.61 Å². The number of morpholine rings is 1. The lowest BCUT2D eigenvalue weighted by Gasteiger charge is -2.38. The minimum Gasteiger partial charge on any atom is -0.484 e. The molecular formula is C14H19NO3. The molecule has 2 unspecified atom stereocenters. The molecule has 18 heavy (non-hydrogen) atoms. The first kappa shape index (κ1) is 12.9. The Hall–Kier alpha value is -1.55.